The van der Waals surface area contributed by atoms with E-state index in [2.05, 4.69) is 0 Å². The minimum absolute atomic E-state index is 0.0634. The highest BCUT2D eigenvalue weighted by Crippen LogP contribution is 2.33. The summed E-state index contributed by atoms with van der Waals surface area (Å²) in [5, 5.41) is 21.2. The molecular formula is C38H28N6O4. The zero-order chi connectivity index (χ0) is 33.0. The summed E-state index contributed by atoms with van der Waals surface area (Å²) in [4.78, 5) is 28.5. The molecule has 234 valence electrons. The van der Waals surface area contributed by atoms with Gasteiger partial charge < -0.3 is 19.7 Å². The number of phenolic OH excluding ortho intramolecular Hbond substituents is 2. The second kappa shape index (κ2) is 13.0. The number of hydrogen-bond acceptors (Lipinski definition) is 10. The number of benzene rings is 5. The number of ether oxygens (including phenoxy) is 2. The monoisotopic (exact) mass is 632 g/mol. The van der Waals surface area contributed by atoms with Gasteiger partial charge in [-0.05, 0) is 72.8 Å². The molecule has 0 aliphatic rings. The molecule has 0 amide bonds. The van der Waals surface area contributed by atoms with Gasteiger partial charge in [-0.15, -0.1) is 0 Å². The molecule has 0 saturated heterocycles. The Bertz CT molecular complexity index is 2060. The summed E-state index contributed by atoms with van der Waals surface area (Å²) in [6.45, 7) is 0. The molecule has 7 rings (SSSR count). The van der Waals surface area contributed by atoms with Gasteiger partial charge in [0.1, 0.15) is 23.0 Å². The van der Waals surface area contributed by atoms with E-state index >= 15 is 0 Å². The van der Waals surface area contributed by atoms with Crippen molar-refractivity contribution in [3.63, 3.8) is 0 Å². The maximum absolute atomic E-state index is 10.6. The number of phenols is 2. The number of para-hydroxylation sites is 2. The first-order valence-electron chi connectivity index (χ1n) is 15.0. The van der Waals surface area contributed by atoms with Crippen LogP contribution in [0.3, 0.4) is 0 Å². The van der Waals surface area contributed by atoms with Gasteiger partial charge in [0.15, 0.2) is 34.9 Å². The summed E-state index contributed by atoms with van der Waals surface area (Å²) in [6.07, 6.45) is 0. The zero-order valence-corrected chi connectivity index (χ0v) is 25.9. The molecule has 0 fully saturated rings. The summed E-state index contributed by atoms with van der Waals surface area (Å²) in [7, 11) is 3.22. The lowest BCUT2D eigenvalue weighted by Gasteiger charge is -2.11. The minimum atomic E-state index is 0.0634. The fourth-order valence-corrected chi connectivity index (χ4v) is 5.08. The Kier molecular flexibility index (Phi) is 8.11. The molecule has 0 saturated carbocycles. The fourth-order valence-electron chi connectivity index (χ4n) is 5.08. The van der Waals surface area contributed by atoms with E-state index in [0.29, 0.717) is 57.6 Å². The van der Waals surface area contributed by atoms with E-state index in [-0.39, 0.29) is 11.5 Å². The van der Waals surface area contributed by atoms with Crippen LogP contribution in [-0.4, -0.2) is 54.3 Å². The quantitative estimate of drug-likeness (QED) is 0.173. The van der Waals surface area contributed by atoms with Crippen molar-refractivity contribution in [3.05, 3.63) is 121 Å². The first-order valence-corrected chi connectivity index (χ1v) is 15.0. The standard InChI is InChI=1S/C38H28N6O4/c1-47-27-19-15-25(16-20-27)35-39-33(41-37(43-35)29-7-3-5-9-31(29)45)23-11-13-24(14-12-23)34-40-36(26-17-21-28(48-2)22-18-26)44-38(42-34)30-8-4-6-10-32(30)46/h3-22,45-46H,1-2H3. The second-order valence-electron chi connectivity index (χ2n) is 10.7. The molecular weight excluding hydrogens is 604 g/mol. The van der Waals surface area contributed by atoms with E-state index in [9.17, 15) is 10.2 Å². The Hall–Kier alpha value is -6.68. The number of methoxy groups -OCH3 is 2. The molecule has 0 aliphatic heterocycles. The SMILES string of the molecule is COc1ccc(-c2nc(-c3ccc(-c4nc(-c5ccc(OC)cc5)nc(-c5ccccc5O)n4)cc3)nc(-c3ccccc3O)n2)cc1. The van der Waals surface area contributed by atoms with Crippen LogP contribution in [0.4, 0.5) is 0 Å². The molecule has 2 heterocycles. The van der Waals surface area contributed by atoms with Gasteiger partial charge in [-0.2, -0.15) is 0 Å². The van der Waals surface area contributed by atoms with E-state index in [1.54, 1.807) is 50.6 Å². The normalized spacial score (nSPS) is 10.9. The summed E-state index contributed by atoms with van der Waals surface area (Å²) in [6, 6.07) is 36.2. The van der Waals surface area contributed by atoms with Crippen LogP contribution in [0.15, 0.2) is 121 Å². The van der Waals surface area contributed by atoms with Crippen molar-refractivity contribution in [2.24, 2.45) is 0 Å². The molecule has 48 heavy (non-hydrogen) atoms. The van der Waals surface area contributed by atoms with Crippen LogP contribution in [0, 0.1) is 0 Å². The maximum atomic E-state index is 10.6. The van der Waals surface area contributed by atoms with Gasteiger partial charge in [0.25, 0.3) is 0 Å². The third-order valence-electron chi connectivity index (χ3n) is 7.66. The van der Waals surface area contributed by atoms with Crippen LogP contribution in [0.2, 0.25) is 0 Å². The van der Waals surface area contributed by atoms with Gasteiger partial charge in [0.2, 0.25) is 0 Å². The predicted octanol–water partition coefficient (Wildman–Crippen LogP) is 7.49. The Balaban J connectivity index is 1.31. The van der Waals surface area contributed by atoms with E-state index in [1.165, 1.54) is 0 Å². The molecule has 2 aromatic heterocycles. The van der Waals surface area contributed by atoms with Crippen molar-refractivity contribution in [3.8, 4) is 91.3 Å². The molecule has 10 heteroatoms. The molecule has 0 radical (unpaired) electrons. The largest absolute Gasteiger partial charge is 0.507 e. The van der Waals surface area contributed by atoms with Gasteiger partial charge in [0, 0.05) is 22.3 Å². The lowest BCUT2D eigenvalue weighted by molar-refractivity contribution is 0.414. The molecule has 0 bridgehead atoms. The lowest BCUT2D eigenvalue weighted by Crippen LogP contribution is -2.01. The van der Waals surface area contributed by atoms with Gasteiger partial charge >= 0.3 is 0 Å². The van der Waals surface area contributed by atoms with Gasteiger partial charge in [-0.25, -0.2) is 29.9 Å². The Morgan fingerprint density at radius 1 is 0.354 bits per heavy atom. The number of nitrogens with zero attached hydrogens (tertiary/aromatic N) is 6. The van der Waals surface area contributed by atoms with Crippen molar-refractivity contribution < 1.29 is 19.7 Å². The molecule has 0 spiro atoms. The van der Waals surface area contributed by atoms with Crippen molar-refractivity contribution in [2.75, 3.05) is 14.2 Å². The van der Waals surface area contributed by atoms with Crippen molar-refractivity contribution in [1.82, 2.24) is 29.9 Å². The number of rotatable bonds is 8. The average Bonchev–Trinajstić information content (AvgIpc) is 3.15. The Morgan fingerprint density at radius 2 is 0.625 bits per heavy atom. The summed E-state index contributed by atoms with van der Waals surface area (Å²) >= 11 is 0. The van der Waals surface area contributed by atoms with Crippen LogP contribution in [0.1, 0.15) is 0 Å². The molecule has 2 N–H and O–H groups in total. The van der Waals surface area contributed by atoms with Crippen molar-refractivity contribution in [2.45, 2.75) is 0 Å². The fraction of sp³-hybridized carbons (Fsp3) is 0.0526. The highest BCUT2D eigenvalue weighted by Gasteiger charge is 2.17. The first kappa shape index (κ1) is 30.0. The topological polar surface area (TPSA) is 136 Å². The Labute approximate surface area is 276 Å². The van der Waals surface area contributed by atoms with E-state index in [0.717, 1.165) is 22.3 Å². The van der Waals surface area contributed by atoms with Gasteiger partial charge in [-0.3, -0.25) is 0 Å². The van der Waals surface area contributed by atoms with E-state index < -0.39 is 0 Å². The van der Waals surface area contributed by atoms with Crippen LogP contribution in [0.25, 0.3) is 68.3 Å². The number of aromatic nitrogens is 6. The third-order valence-corrected chi connectivity index (χ3v) is 7.66. The predicted molar refractivity (Wildman–Crippen MR) is 182 cm³/mol. The zero-order valence-electron chi connectivity index (χ0n) is 25.9. The van der Waals surface area contributed by atoms with Crippen molar-refractivity contribution >= 4 is 0 Å². The smallest absolute Gasteiger partial charge is 0.167 e. The average molecular weight is 633 g/mol. The molecule has 5 aromatic carbocycles. The van der Waals surface area contributed by atoms with Crippen LogP contribution in [0.5, 0.6) is 23.0 Å². The third kappa shape index (κ3) is 6.10. The molecule has 10 nitrogen and oxygen atoms in total. The van der Waals surface area contributed by atoms with Crippen LogP contribution in [-0.2, 0) is 0 Å². The molecule has 0 atom stereocenters. The van der Waals surface area contributed by atoms with Crippen LogP contribution >= 0.6 is 0 Å². The first-order chi connectivity index (χ1) is 23.5. The maximum Gasteiger partial charge on any atom is 0.167 e. The van der Waals surface area contributed by atoms with Crippen molar-refractivity contribution in [1.29, 1.82) is 0 Å². The highest BCUT2D eigenvalue weighted by molar-refractivity contribution is 5.73. The number of hydrogen-bond donors (Lipinski definition) is 2. The van der Waals surface area contributed by atoms with E-state index in [4.69, 9.17) is 39.4 Å². The highest BCUT2D eigenvalue weighted by atomic mass is 16.5. The summed E-state index contributed by atoms with van der Waals surface area (Å²) in [5.41, 5.74) is 3.94. The minimum Gasteiger partial charge on any atom is -0.507 e. The molecule has 0 unspecified atom stereocenters. The summed E-state index contributed by atoms with van der Waals surface area (Å²) < 4.78 is 10.6. The molecule has 7 aromatic rings. The second-order valence-corrected chi connectivity index (χ2v) is 10.7. The van der Waals surface area contributed by atoms with Crippen LogP contribution < -0.4 is 9.47 Å². The van der Waals surface area contributed by atoms with Gasteiger partial charge in [0.05, 0.1) is 25.3 Å². The van der Waals surface area contributed by atoms with Gasteiger partial charge in [-0.1, -0.05) is 48.5 Å². The summed E-state index contributed by atoms with van der Waals surface area (Å²) in [5.74, 6) is 3.95. The Morgan fingerprint density at radius 3 is 0.917 bits per heavy atom. The molecule has 0 aliphatic carbocycles. The van der Waals surface area contributed by atoms with E-state index in [1.807, 2.05) is 84.9 Å². The number of aromatic hydroxyl groups is 2. The lowest BCUT2D eigenvalue weighted by atomic mass is 10.1.